The number of carboxylic acid groups (broad SMARTS) is 1. The van der Waals surface area contributed by atoms with Gasteiger partial charge < -0.3 is 29.9 Å². The molecule has 25 heavy (non-hydrogen) atoms. The van der Waals surface area contributed by atoms with Crippen molar-refractivity contribution in [2.45, 2.75) is 13.1 Å². The van der Waals surface area contributed by atoms with Crippen LogP contribution < -0.4 is 33.9 Å². The van der Waals surface area contributed by atoms with Crippen molar-refractivity contribution in [1.29, 1.82) is 0 Å². The van der Waals surface area contributed by atoms with Crippen molar-refractivity contribution >= 4 is 5.97 Å². The van der Waals surface area contributed by atoms with E-state index >= 15 is 0 Å². The minimum atomic E-state index is -0.892. The lowest BCUT2D eigenvalue weighted by molar-refractivity contribution is -0.689. The molecule has 0 fully saturated rings. The number of aromatic nitrogens is 2. The SMILES string of the molecule is O=C(O)c1cc(C[n+]2ccccc2)ccc1C[n+]1ccccc1.[Cl-].[Cl-]. The quantitative estimate of drug-likeness (QED) is 0.462. The number of aromatic carboxylic acids is 1. The molecule has 0 aliphatic heterocycles. The molecule has 6 heteroatoms. The average molecular weight is 377 g/mol. The monoisotopic (exact) mass is 376 g/mol. The van der Waals surface area contributed by atoms with Gasteiger partial charge in [-0.1, -0.05) is 24.3 Å². The number of carbonyl (C=O) groups is 1. The molecule has 0 saturated carbocycles. The van der Waals surface area contributed by atoms with Crippen molar-refractivity contribution < 1.29 is 43.8 Å². The molecule has 3 aromatic rings. The van der Waals surface area contributed by atoms with Crippen LogP contribution in [0.15, 0.2) is 79.4 Å². The maximum absolute atomic E-state index is 11.6. The van der Waals surface area contributed by atoms with Crippen LogP contribution in [0.25, 0.3) is 0 Å². The number of hydrogen-bond acceptors (Lipinski definition) is 1. The number of carboxylic acids is 1. The normalized spacial score (nSPS) is 9.60. The average Bonchev–Trinajstić information content (AvgIpc) is 2.58. The van der Waals surface area contributed by atoms with Crippen LogP contribution in [0.4, 0.5) is 0 Å². The Kier molecular flexibility index (Phi) is 8.05. The van der Waals surface area contributed by atoms with Gasteiger partial charge in [-0.2, -0.15) is 0 Å². The van der Waals surface area contributed by atoms with Crippen LogP contribution in [0.1, 0.15) is 21.5 Å². The fraction of sp³-hybridized carbons (Fsp3) is 0.105. The highest BCUT2D eigenvalue weighted by atomic mass is 35.5. The Morgan fingerprint density at radius 3 is 1.84 bits per heavy atom. The minimum Gasteiger partial charge on any atom is -1.00 e. The topological polar surface area (TPSA) is 45.1 Å². The van der Waals surface area contributed by atoms with E-state index in [2.05, 4.69) is 0 Å². The zero-order valence-electron chi connectivity index (χ0n) is 13.4. The molecule has 0 amide bonds. The van der Waals surface area contributed by atoms with Crippen molar-refractivity contribution in [3.63, 3.8) is 0 Å². The van der Waals surface area contributed by atoms with Crippen molar-refractivity contribution in [1.82, 2.24) is 0 Å². The van der Waals surface area contributed by atoms with E-state index in [0.717, 1.165) is 11.1 Å². The predicted molar refractivity (Wildman–Crippen MR) is 84.9 cm³/mol. The lowest BCUT2D eigenvalue weighted by Crippen LogP contribution is -3.00. The van der Waals surface area contributed by atoms with Crippen molar-refractivity contribution in [2.75, 3.05) is 0 Å². The molecule has 2 aromatic heterocycles. The molecule has 0 saturated heterocycles. The van der Waals surface area contributed by atoms with E-state index in [0.29, 0.717) is 18.7 Å². The summed E-state index contributed by atoms with van der Waals surface area (Å²) in [5.41, 5.74) is 2.13. The van der Waals surface area contributed by atoms with Gasteiger partial charge in [0.05, 0.1) is 5.56 Å². The van der Waals surface area contributed by atoms with Crippen LogP contribution in [-0.2, 0) is 13.1 Å². The zero-order valence-corrected chi connectivity index (χ0v) is 14.9. The van der Waals surface area contributed by atoms with Crippen LogP contribution in [0.3, 0.4) is 0 Å². The summed E-state index contributed by atoms with van der Waals surface area (Å²) >= 11 is 0. The second kappa shape index (κ2) is 9.77. The predicted octanol–water partition coefficient (Wildman–Crippen LogP) is -3.94. The van der Waals surface area contributed by atoms with Crippen LogP contribution >= 0.6 is 0 Å². The summed E-state index contributed by atoms with van der Waals surface area (Å²) in [5.74, 6) is -0.892. The first-order valence-electron chi connectivity index (χ1n) is 7.45. The standard InChI is InChI=1S/C19H17N2O2.2ClH/c22-19(23)18-13-16(14-20-9-3-1-4-10-20)7-8-17(18)15-21-11-5-2-6-12-21;;/h1-13H,14-15H2;2*1H/q+1;;/p-1. The van der Waals surface area contributed by atoms with Gasteiger partial charge >= 0.3 is 5.97 Å². The highest BCUT2D eigenvalue weighted by Gasteiger charge is 2.15. The molecule has 0 unspecified atom stereocenters. The fourth-order valence-corrected chi connectivity index (χ4v) is 2.55. The first-order valence-corrected chi connectivity index (χ1v) is 7.45. The fourth-order valence-electron chi connectivity index (χ4n) is 2.55. The number of halogens is 2. The van der Waals surface area contributed by atoms with Gasteiger partial charge in [0.2, 0.25) is 0 Å². The lowest BCUT2D eigenvalue weighted by atomic mass is 10.0. The van der Waals surface area contributed by atoms with Gasteiger partial charge in [-0.25, -0.2) is 13.9 Å². The smallest absolute Gasteiger partial charge is 0.336 e. The highest BCUT2D eigenvalue weighted by molar-refractivity contribution is 5.89. The van der Waals surface area contributed by atoms with E-state index in [9.17, 15) is 9.90 Å². The van der Waals surface area contributed by atoms with Crippen LogP contribution in [-0.4, -0.2) is 11.1 Å². The highest BCUT2D eigenvalue weighted by Crippen LogP contribution is 2.12. The first-order chi connectivity index (χ1) is 11.2. The number of nitrogens with zero attached hydrogens (tertiary/aromatic N) is 2. The molecule has 1 aromatic carbocycles. The molecular weight excluding hydrogens is 359 g/mol. The number of rotatable bonds is 5. The Morgan fingerprint density at radius 2 is 1.32 bits per heavy atom. The Balaban J connectivity index is 0.00000156. The summed E-state index contributed by atoms with van der Waals surface area (Å²) in [6.45, 7) is 1.20. The molecule has 0 radical (unpaired) electrons. The molecule has 1 N–H and O–H groups in total. The maximum Gasteiger partial charge on any atom is 0.336 e. The lowest BCUT2D eigenvalue weighted by Gasteiger charge is -2.05. The molecule has 130 valence electrons. The van der Waals surface area contributed by atoms with Crippen LogP contribution in [0.5, 0.6) is 0 Å². The second-order valence-electron chi connectivity index (χ2n) is 5.39. The van der Waals surface area contributed by atoms with Gasteiger partial charge in [0, 0.05) is 35.4 Å². The van der Waals surface area contributed by atoms with Crippen molar-refractivity contribution in [3.8, 4) is 0 Å². The molecule has 0 bridgehead atoms. The summed E-state index contributed by atoms with van der Waals surface area (Å²) in [4.78, 5) is 11.6. The largest absolute Gasteiger partial charge is 1.00 e. The van der Waals surface area contributed by atoms with E-state index < -0.39 is 5.97 Å². The van der Waals surface area contributed by atoms with Gasteiger partial charge in [0.1, 0.15) is 0 Å². The Bertz CT molecular complexity index is 812. The summed E-state index contributed by atoms with van der Waals surface area (Å²) in [6.07, 6.45) is 7.79. The van der Waals surface area contributed by atoms with Gasteiger partial charge in [-0.05, 0) is 6.07 Å². The number of hydrogen-bond donors (Lipinski definition) is 1. The van der Waals surface area contributed by atoms with E-state index in [-0.39, 0.29) is 24.8 Å². The van der Waals surface area contributed by atoms with Crippen LogP contribution in [0.2, 0.25) is 0 Å². The summed E-state index contributed by atoms with van der Waals surface area (Å²) in [5, 5.41) is 9.52. The van der Waals surface area contributed by atoms with E-state index in [1.165, 1.54) is 0 Å². The maximum atomic E-state index is 11.6. The molecule has 3 rings (SSSR count). The van der Waals surface area contributed by atoms with E-state index in [1.807, 2.05) is 82.5 Å². The van der Waals surface area contributed by atoms with Crippen LogP contribution in [0, 0.1) is 0 Å². The molecular formula is C19H18Cl2N2O2. The molecule has 4 nitrogen and oxygen atoms in total. The summed E-state index contributed by atoms with van der Waals surface area (Å²) in [7, 11) is 0. The number of pyridine rings is 2. The minimum absolute atomic E-state index is 0. The third-order valence-corrected chi connectivity index (χ3v) is 3.68. The zero-order chi connectivity index (χ0) is 16.1. The van der Waals surface area contributed by atoms with Gasteiger partial charge in [-0.3, -0.25) is 0 Å². The van der Waals surface area contributed by atoms with Crippen molar-refractivity contribution in [2.24, 2.45) is 0 Å². The first kappa shape index (κ1) is 20.6. The Hall–Kier alpha value is -2.43. The Morgan fingerprint density at radius 1 is 0.800 bits per heavy atom. The summed E-state index contributed by atoms with van der Waals surface area (Å²) in [6, 6.07) is 17.3. The third-order valence-electron chi connectivity index (χ3n) is 3.68. The molecule has 2 heterocycles. The molecule has 0 spiro atoms. The van der Waals surface area contributed by atoms with Gasteiger partial charge in [-0.15, -0.1) is 0 Å². The van der Waals surface area contributed by atoms with Gasteiger partial charge in [0.25, 0.3) is 0 Å². The molecule has 0 aliphatic rings. The Labute approximate surface area is 159 Å². The van der Waals surface area contributed by atoms with Gasteiger partial charge in [0.15, 0.2) is 37.9 Å². The third kappa shape index (κ3) is 5.55. The van der Waals surface area contributed by atoms with Crippen molar-refractivity contribution in [3.05, 3.63) is 96.1 Å². The summed E-state index contributed by atoms with van der Waals surface area (Å²) < 4.78 is 3.99. The van der Waals surface area contributed by atoms with E-state index in [4.69, 9.17) is 0 Å². The second-order valence-corrected chi connectivity index (χ2v) is 5.39. The molecule has 0 atom stereocenters. The van der Waals surface area contributed by atoms with E-state index in [1.54, 1.807) is 6.07 Å². The molecule has 0 aliphatic carbocycles. The number of benzene rings is 1.